The monoisotopic (exact) mass is 367 g/mol. The molecule has 3 heterocycles. The van der Waals surface area contributed by atoms with Gasteiger partial charge in [-0.05, 0) is 57.0 Å². The van der Waals surface area contributed by atoms with E-state index in [1.807, 2.05) is 29.7 Å². The first-order chi connectivity index (χ1) is 12.6. The van der Waals surface area contributed by atoms with Crippen molar-refractivity contribution in [2.75, 3.05) is 32.5 Å². The molecule has 6 heteroatoms. The lowest BCUT2D eigenvalue weighted by molar-refractivity contribution is 0.425. The Kier molecular flexibility index (Phi) is 4.87. The first-order valence-electron chi connectivity index (χ1n) is 9.23. The highest BCUT2D eigenvalue weighted by atomic mass is 32.1. The molecule has 1 atom stereocenters. The van der Waals surface area contributed by atoms with E-state index in [2.05, 4.69) is 36.2 Å². The number of hydrogen-bond donors (Lipinski definition) is 1. The fourth-order valence-electron chi connectivity index (χ4n) is 3.49. The molecule has 5 nitrogen and oxygen atoms in total. The number of aryl methyl sites for hydroxylation is 1. The molecule has 3 aromatic heterocycles. The Morgan fingerprint density at radius 2 is 2.19 bits per heavy atom. The minimum Gasteiger partial charge on any atom is -0.368 e. The first kappa shape index (κ1) is 17.4. The lowest BCUT2D eigenvalue weighted by Gasteiger charge is -2.18. The lowest BCUT2D eigenvalue weighted by Crippen LogP contribution is -2.21. The minimum absolute atomic E-state index is 0.754. The maximum Gasteiger partial charge on any atom is 0.164 e. The Labute approximate surface area is 158 Å². The second-order valence-electron chi connectivity index (χ2n) is 7.40. The maximum absolute atomic E-state index is 4.90. The van der Waals surface area contributed by atoms with Crippen LogP contribution < -0.4 is 5.32 Å². The van der Waals surface area contributed by atoms with Crippen molar-refractivity contribution in [3.8, 4) is 11.4 Å². The van der Waals surface area contributed by atoms with Crippen molar-refractivity contribution in [2.45, 2.75) is 26.2 Å². The quantitative estimate of drug-likeness (QED) is 0.742. The van der Waals surface area contributed by atoms with Gasteiger partial charge in [0.15, 0.2) is 5.82 Å². The zero-order valence-corrected chi connectivity index (χ0v) is 16.4. The largest absolute Gasteiger partial charge is 0.368 e. The van der Waals surface area contributed by atoms with Gasteiger partial charge in [-0.15, -0.1) is 11.3 Å². The molecular weight excluding hydrogens is 342 g/mol. The smallest absolute Gasteiger partial charge is 0.164 e. The number of pyridine rings is 1. The van der Waals surface area contributed by atoms with Gasteiger partial charge in [0.1, 0.15) is 10.6 Å². The predicted octanol–water partition coefficient (Wildman–Crippen LogP) is 3.85. The van der Waals surface area contributed by atoms with Crippen molar-refractivity contribution in [3.05, 3.63) is 35.0 Å². The Morgan fingerprint density at radius 3 is 2.96 bits per heavy atom. The molecule has 0 spiro atoms. The summed E-state index contributed by atoms with van der Waals surface area (Å²) < 4.78 is 0. The van der Waals surface area contributed by atoms with E-state index in [4.69, 9.17) is 9.97 Å². The zero-order valence-electron chi connectivity index (χ0n) is 15.6. The highest BCUT2D eigenvalue weighted by Gasteiger charge is 2.24. The Balaban J connectivity index is 1.81. The number of hydrogen-bond acceptors (Lipinski definition) is 6. The molecule has 0 saturated carbocycles. The topological polar surface area (TPSA) is 53.9 Å². The molecule has 0 fully saturated rings. The van der Waals surface area contributed by atoms with Crippen molar-refractivity contribution < 1.29 is 0 Å². The molecule has 26 heavy (non-hydrogen) atoms. The summed E-state index contributed by atoms with van der Waals surface area (Å²) in [5.41, 5.74) is 2.43. The molecule has 1 aliphatic rings. The van der Waals surface area contributed by atoms with Gasteiger partial charge in [-0.1, -0.05) is 6.92 Å². The van der Waals surface area contributed by atoms with Crippen LogP contribution in [0.15, 0.2) is 24.5 Å². The molecule has 0 amide bonds. The predicted molar refractivity (Wildman–Crippen MR) is 109 cm³/mol. The number of nitrogens with zero attached hydrogens (tertiary/aromatic N) is 4. The summed E-state index contributed by atoms with van der Waals surface area (Å²) in [5.74, 6) is 2.49. The van der Waals surface area contributed by atoms with E-state index in [1.54, 1.807) is 6.20 Å². The normalized spacial score (nSPS) is 16.8. The summed E-state index contributed by atoms with van der Waals surface area (Å²) in [6.07, 6.45) is 7.16. The standard InChI is InChI=1S/C20H25N5S/c1-13-6-7-15-16(11-13)26-20-17(15)19(22-9-10-25(2)3)23-18(24-20)14-5-4-8-21-12-14/h4-5,8,12-13H,6-7,9-11H2,1-3H3,(H,22,23,24)/t13-/m1/s1. The van der Waals surface area contributed by atoms with Crippen LogP contribution in [-0.4, -0.2) is 47.0 Å². The molecule has 4 rings (SSSR count). The van der Waals surface area contributed by atoms with Crippen LogP contribution >= 0.6 is 11.3 Å². The Morgan fingerprint density at radius 1 is 1.31 bits per heavy atom. The fourth-order valence-corrected chi connectivity index (χ4v) is 4.87. The third-order valence-electron chi connectivity index (χ3n) is 4.93. The van der Waals surface area contributed by atoms with Gasteiger partial charge in [-0.25, -0.2) is 9.97 Å². The second kappa shape index (κ2) is 7.29. The molecule has 0 aromatic carbocycles. The first-order valence-corrected chi connectivity index (χ1v) is 10.0. The molecule has 0 bridgehead atoms. The van der Waals surface area contributed by atoms with Gasteiger partial charge in [0.25, 0.3) is 0 Å². The Bertz CT molecular complexity index is 903. The van der Waals surface area contributed by atoms with Gasteiger partial charge in [-0.2, -0.15) is 0 Å². The summed E-state index contributed by atoms with van der Waals surface area (Å²) in [6.45, 7) is 4.18. The summed E-state index contributed by atoms with van der Waals surface area (Å²) in [4.78, 5) is 18.8. The SMILES string of the molecule is C[C@@H]1CCc2c(sc3nc(-c4cccnc4)nc(NCCN(C)C)c23)C1. The van der Waals surface area contributed by atoms with E-state index in [9.17, 15) is 0 Å². The summed E-state index contributed by atoms with van der Waals surface area (Å²) in [6, 6.07) is 3.95. The van der Waals surface area contributed by atoms with Crippen molar-refractivity contribution >= 4 is 27.4 Å². The van der Waals surface area contributed by atoms with Gasteiger partial charge in [0.05, 0.1) is 5.39 Å². The molecule has 1 N–H and O–H groups in total. The molecular formula is C20H25N5S. The number of nitrogens with one attached hydrogen (secondary N) is 1. The number of rotatable bonds is 5. The van der Waals surface area contributed by atoms with Crippen LogP contribution in [0, 0.1) is 5.92 Å². The summed E-state index contributed by atoms with van der Waals surface area (Å²) in [7, 11) is 4.18. The van der Waals surface area contributed by atoms with E-state index in [0.717, 1.165) is 53.9 Å². The van der Waals surface area contributed by atoms with Crippen LogP contribution in [0.2, 0.25) is 0 Å². The highest BCUT2D eigenvalue weighted by Crippen LogP contribution is 2.40. The summed E-state index contributed by atoms with van der Waals surface area (Å²) in [5, 5.41) is 4.81. The van der Waals surface area contributed by atoms with Crippen molar-refractivity contribution in [1.29, 1.82) is 0 Å². The molecule has 0 unspecified atom stereocenters. The van der Waals surface area contributed by atoms with Crippen LogP contribution in [0.1, 0.15) is 23.8 Å². The second-order valence-corrected chi connectivity index (χ2v) is 8.48. The third-order valence-corrected chi connectivity index (χ3v) is 6.07. The van der Waals surface area contributed by atoms with Crippen LogP contribution in [0.3, 0.4) is 0 Å². The van der Waals surface area contributed by atoms with E-state index in [0.29, 0.717) is 0 Å². The van der Waals surface area contributed by atoms with Gasteiger partial charge in [0, 0.05) is 35.9 Å². The van der Waals surface area contributed by atoms with Gasteiger partial charge in [-0.3, -0.25) is 4.98 Å². The Hall–Kier alpha value is -2.05. The number of likely N-dealkylation sites (N-methyl/N-ethyl adjacent to an activating group) is 1. The van der Waals surface area contributed by atoms with Crippen LogP contribution in [0.5, 0.6) is 0 Å². The molecule has 0 radical (unpaired) electrons. The average molecular weight is 368 g/mol. The van der Waals surface area contributed by atoms with E-state index in [-0.39, 0.29) is 0 Å². The molecule has 136 valence electrons. The summed E-state index contributed by atoms with van der Waals surface area (Å²) >= 11 is 1.84. The maximum atomic E-state index is 4.90. The van der Waals surface area contributed by atoms with Crippen molar-refractivity contribution in [3.63, 3.8) is 0 Å². The highest BCUT2D eigenvalue weighted by molar-refractivity contribution is 7.19. The number of anilines is 1. The van der Waals surface area contributed by atoms with Crippen molar-refractivity contribution in [1.82, 2.24) is 19.9 Å². The van der Waals surface area contributed by atoms with Gasteiger partial charge >= 0.3 is 0 Å². The van der Waals surface area contributed by atoms with Gasteiger partial charge < -0.3 is 10.2 Å². The van der Waals surface area contributed by atoms with E-state index in [1.165, 1.54) is 22.2 Å². The van der Waals surface area contributed by atoms with Crippen LogP contribution in [0.25, 0.3) is 21.6 Å². The molecule has 1 aliphatic carbocycles. The lowest BCUT2D eigenvalue weighted by atomic mass is 9.89. The third kappa shape index (κ3) is 3.44. The molecule has 3 aromatic rings. The van der Waals surface area contributed by atoms with Crippen LogP contribution in [0.4, 0.5) is 5.82 Å². The minimum atomic E-state index is 0.754. The van der Waals surface area contributed by atoms with Gasteiger partial charge in [0.2, 0.25) is 0 Å². The van der Waals surface area contributed by atoms with E-state index >= 15 is 0 Å². The number of thiophene rings is 1. The van der Waals surface area contributed by atoms with Crippen LogP contribution in [-0.2, 0) is 12.8 Å². The number of fused-ring (bicyclic) bond motifs is 3. The van der Waals surface area contributed by atoms with E-state index < -0.39 is 0 Å². The fraction of sp³-hybridized carbons (Fsp3) is 0.450. The zero-order chi connectivity index (χ0) is 18.1. The van der Waals surface area contributed by atoms with Crippen molar-refractivity contribution in [2.24, 2.45) is 5.92 Å². The average Bonchev–Trinajstić information content (AvgIpc) is 2.99. The molecule has 0 aliphatic heterocycles. The number of aromatic nitrogens is 3. The molecule has 0 saturated heterocycles.